The van der Waals surface area contributed by atoms with Gasteiger partial charge in [0.05, 0.1) is 12.7 Å². The van der Waals surface area contributed by atoms with Crippen molar-refractivity contribution in [1.82, 2.24) is 4.90 Å². The van der Waals surface area contributed by atoms with E-state index < -0.39 is 30.9 Å². The van der Waals surface area contributed by atoms with Crippen LogP contribution in [0.25, 0.3) is 0 Å². The lowest BCUT2D eigenvalue weighted by atomic mass is 10.1. The summed E-state index contributed by atoms with van der Waals surface area (Å²) in [4.78, 5) is 34.5. The molecule has 8 nitrogen and oxygen atoms in total. The molecule has 108 valence electrons. The summed E-state index contributed by atoms with van der Waals surface area (Å²) in [5, 5.41) is 18.4. The minimum Gasteiger partial charge on any atom is -0.507 e. The second-order valence-electron chi connectivity index (χ2n) is 3.90. The zero-order valence-corrected chi connectivity index (χ0v) is 10.7. The second kappa shape index (κ2) is 6.41. The van der Waals surface area contributed by atoms with Gasteiger partial charge in [0.15, 0.2) is 0 Å². The molecule has 0 fully saturated rings. The van der Waals surface area contributed by atoms with Crippen molar-refractivity contribution in [2.75, 3.05) is 20.2 Å². The van der Waals surface area contributed by atoms with Crippen LogP contribution < -0.4 is 10.5 Å². The first-order chi connectivity index (χ1) is 9.35. The first-order valence-electron chi connectivity index (χ1n) is 5.51. The number of rotatable bonds is 6. The summed E-state index contributed by atoms with van der Waals surface area (Å²) < 4.78 is 4.91. The summed E-state index contributed by atoms with van der Waals surface area (Å²) in [6.45, 7) is -1.28. The second-order valence-corrected chi connectivity index (χ2v) is 3.90. The number of nitrogens with two attached hydrogens (primary N) is 1. The van der Waals surface area contributed by atoms with E-state index in [1.54, 1.807) is 0 Å². The van der Waals surface area contributed by atoms with Crippen molar-refractivity contribution in [2.24, 2.45) is 5.73 Å². The summed E-state index contributed by atoms with van der Waals surface area (Å²) in [6.07, 6.45) is 0. The number of benzene rings is 1. The Labute approximate surface area is 114 Å². The van der Waals surface area contributed by atoms with Gasteiger partial charge in [-0.05, 0) is 18.2 Å². The van der Waals surface area contributed by atoms with Gasteiger partial charge in [0.25, 0.3) is 5.91 Å². The van der Waals surface area contributed by atoms with Gasteiger partial charge in [-0.3, -0.25) is 14.4 Å². The van der Waals surface area contributed by atoms with Crippen LogP contribution in [0.5, 0.6) is 11.5 Å². The molecule has 20 heavy (non-hydrogen) atoms. The predicted molar refractivity (Wildman–Crippen MR) is 67.4 cm³/mol. The van der Waals surface area contributed by atoms with Crippen molar-refractivity contribution in [3.8, 4) is 11.5 Å². The highest BCUT2D eigenvalue weighted by Gasteiger charge is 2.23. The maximum absolute atomic E-state index is 12.1. The lowest BCUT2D eigenvalue weighted by molar-refractivity contribution is -0.138. The van der Waals surface area contributed by atoms with Crippen LogP contribution in [0.15, 0.2) is 18.2 Å². The van der Waals surface area contributed by atoms with Gasteiger partial charge in [-0.1, -0.05) is 0 Å². The van der Waals surface area contributed by atoms with Crippen molar-refractivity contribution in [2.45, 2.75) is 0 Å². The lowest BCUT2D eigenvalue weighted by Gasteiger charge is -2.19. The average Bonchev–Trinajstić information content (AvgIpc) is 2.36. The van der Waals surface area contributed by atoms with Crippen molar-refractivity contribution in [3.05, 3.63) is 23.8 Å². The fourth-order valence-corrected chi connectivity index (χ4v) is 1.53. The number of methoxy groups -OCH3 is 1. The molecule has 0 aromatic heterocycles. The summed E-state index contributed by atoms with van der Waals surface area (Å²) in [5.41, 5.74) is 4.79. The van der Waals surface area contributed by atoms with E-state index in [1.165, 1.54) is 25.3 Å². The number of primary amides is 1. The summed E-state index contributed by atoms with van der Waals surface area (Å²) >= 11 is 0. The molecule has 0 saturated heterocycles. The SMILES string of the molecule is COc1ccc(O)c(C(=O)N(CC(N)=O)CC(=O)O)c1. The average molecular weight is 282 g/mol. The van der Waals surface area contributed by atoms with E-state index in [-0.39, 0.29) is 11.3 Å². The number of carbonyl (C=O) groups excluding carboxylic acids is 2. The van der Waals surface area contributed by atoms with Crippen molar-refractivity contribution < 1.29 is 29.3 Å². The molecule has 0 aliphatic rings. The third-order valence-electron chi connectivity index (χ3n) is 2.39. The van der Waals surface area contributed by atoms with Crippen molar-refractivity contribution in [1.29, 1.82) is 0 Å². The van der Waals surface area contributed by atoms with Gasteiger partial charge in [-0.2, -0.15) is 0 Å². The van der Waals surface area contributed by atoms with E-state index >= 15 is 0 Å². The molecule has 0 saturated carbocycles. The Bertz CT molecular complexity index is 527. The van der Waals surface area contributed by atoms with Crippen molar-refractivity contribution >= 4 is 17.8 Å². The van der Waals surface area contributed by atoms with E-state index in [2.05, 4.69) is 0 Å². The van der Waals surface area contributed by atoms with Gasteiger partial charge in [0, 0.05) is 0 Å². The molecular weight excluding hydrogens is 268 g/mol. The minimum absolute atomic E-state index is 0.174. The molecule has 2 amide bonds. The normalized spacial score (nSPS) is 9.85. The Kier molecular flexibility index (Phi) is 4.90. The summed E-state index contributed by atoms with van der Waals surface area (Å²) in [5.74, 6) is -3.04. The molecule has 0 bridgehead atoms. The maximum Gasteiger partial charge on any atom is 0.323 e. The first kappa shape index (κ1) is 15.3. The van der Waals surface area contributed by atoms with E-state index in [0.717, 1.165) is 4.90 Å². The van der Waals surface area contributed by atoms with Crippen LogP contribution in [0.1, 0.15) is 10.4 Å². The maximum atomic E-state index is 12.1. The Hall–Kier alpha value is -2.77. The number of amides is 2. The monoisotopic (exact) mass is 282 g/mol. The molecule has 0 spiro atoms. The zero-order chi connectivity index (χ0) is 15.3. The fourth-order valence-electron chi connectivity index (χ4n) is 1.53. The van der Waals surface area contributed by atoms with Crippen molar-refractivity contribution in [3.63, 3.8) is 0 Å². The number of carbonyl (C=O) groups is 3. The number of aliphatic carboxylic acids is 1. The number of phenolic OH excluding ortho intramolecular Hbond substituents is 1. The molecule has 0 heterocycles. The number of phenols is 1. The molecule has 1 aromatic rings. The Morgan fingerprint density at radius 2 is 1.95 bits per heavy atom. The highest BCUT2D eigenvalue weighted by molar-refractivity contribution is 6.00. The Morgan fingerprint density at radius 3 is 2.45 bits per heavy atom. The van der Waals surface area contributed by atoms with Gasteiger partial charge in [0.2, 0.25) is 5.91 Å². The molecular formula is C12H14N2O6. The molecule has 4 N–H and O–H groups in total. The molecule has 0 atom stereocenters. The number of hydrogen-bond donors (Lipinski definition) is 3. The predicted octanol–water partition coefficient (Wildman–Crippen LogP) is -0.587. The quantitative estimate of drug-likeness (QED) is 0.639. The number of carboxylic acids is 1. The van der Waals surface area contributed by atoms with Crippen LogP contribution in [0.2, 0.25) is 0 Å². The van der Waals surface area contributed by atoms with Crippen LogP contribution in [-0.2, 0) is 9.59 Å². The smallest absolute Gasteiger partial charge is 0.323 e. The minimum atomic E-state index is -1.30. The molecule has 1 aromatic carbocycles. The van der Waals surface area contributed by atoms with Crippen LogP contribution in [0.4, 0.5) is 0 Å². The van der Waals surface area contributed by atoms with Gasteiger partial charge in [-0.15, -0.1) is 0 Å². The number of ether oxygens (including phenoxy) is 1. The highest BCUT2D eigenvalue weighted by Crippen LogP contribution is 2.24. The first-order valence-corrected chi connectivity index (χ1v) is 5.51. The third-order valence-corrected chi connectivity index (χ3v) is 2.39. The standard InChI is InChI=1S/C12H14N2O6/c1-20-7-2-3-9(15)8(4-7)12(19)14(5-10(13)16)6-11(17)18/h2-4,15H,5-6H2,1H3,(H2,13,16)(H,17,18). The number of hydrogen-bond acceptors (Lipinski definition) is 5. The summed E-state index contributed by atoms with van der Waals surface area (Å²) in [6, 6.07) is 3.91. The van der Waals surface area contributed by atoms with Gasteiger partial charge in [-0.25, -0.2) is 0 Å². The van der Waals surface area contributed by atoms with Crippen LogP contribution >= 0.6 is 0 Å². The molecule has 8 heteroatoms. The molecule has 1 rings (SSSR count). The van der Waals surface area contributed by atoms with Gasteiger partial charge >= 0.3 is 5.97 Å². The molecule has 0 aliphatic heterocycles. The van der Waals surface area contributed by atoms with Gasteiger partial charge in [0.1, 0.15) is 24.6 Å². The highest BCUT2D eigenvalue weighted by atomic mass is 16.5. The van der Waals surface area contributed by atoms with E-state index in [4.69, 9.17) is 15.6 Å². The van der Waals surface area contributed by atoms with Crippen LogP contribution in [0.3, 0.4) is 0 Å². The number of nitrogens with zero attached hydrogens (tertiary/aromatic N) is 1. The lowest BCUT2D eigenvalue weighted by Crippen LogP contribution is -2.41. The van der Waals surface area contributed by atoms with E-state index in [9.17, 15) is 19.5 Å². The molecule has 0 radical (unpaired) electrons. The number of carboxylic acid groups (broad SMARTS) is 1. The largest absolute Gasteiger partial charge is 0.507 e. The number of aromatic hydroxyl groups is 1. The van der Waals surface area contributed by atoms with Crippen LogP contribution in [0, 0.1) is 0 Å². The topological polar surface area (TPSA) is 130 Å². The molecule has 0 aliphatic carbocycles. The molecule has 0 unspecified atom stereocenters. The van der Waals surface area contributed by atoms with Crippen LogP contribution in [-0.4, -0.2) is 53.1 Å². The van der Waals surface area contributed by atoms with E-state index in [1.807, 2.05) is 0 Å². The fraction of sp³-hybridized carbons (Fsp3) is 0.250. The summed E-state index contributed by atoms with van der Waals surface area (Å²) in [7, 11) is 1.37. The van der Waals surface area contributed by atoms with E-state index in [0.29, 0.717) is 5.75 Å². The zero-order valence-electron chi connectivity index (χ0n) is 10.7. The Morgan fingerprint density at radius 1 is 1.30 bits per heavy atom. The Balaban J connectivity index is 3.10. The van der Waals surface area contributed by atoms with Gasteiger partial charge < -0.3 is 25.6 Å². The third kappa shape index (κ3) is 3.87.